The van der Waals surface area contributed by atoms with Gasteiger partial charge >= 0.3 is 5.97 Å². The Labute approximate surface area is 195 Å². The maximum atomic E-state index is 13.2. The molecule has 0 spiro atoms. The number of nitrogens with one attached hydrogen (secondary N) is 1. The van der Waals surface area contributed by atoms with Crippen LogP contribution in [0.4, 0.5) is 0 Å². The molecule has 2 aromatic rings. The molecule has 0 unspecified atom stereocenters. The normalized spacial score (nSPS) is 16.6. The third-order valence-electron chi connectivity index (χ3n) is 4.94. The Morgan fingerprint density at radius 2 is 1.79 bits per heavy atom. The van der Waals surface area contributed by atoms with Crippen LogP contribution in [0.3, 0.4) is 0 Å². The molecule has 2 aromatic carbocycles. The number of carboxylic acid groups (broad SMARTS) is 1. The Bertz CT molecular complexity index is 1050. The number of aliphatic carboxylic acids is 1. The molecule has 33 heavy (non-hydrogen) atoms. The molecule has 0 fully saturated rings. The van der Waals surface area contributed by atoms with E-state index < -0.39 is 28.2 Å². The second kappa shape index (κ2) is 9.86. The summed E-state index contributed by atoms with van der Waals surface area (Å²) < 4.78 is 29.0. The minimum absolute atomic E-state index is 0.0754. The van der Waals surface area contributed by atoms with Crippen LogP contribution in [0.5, 0.6) is 5.75 Å². The Hall–Kier alpha value is -3.01. The molecular weight excluding hydrogens is 444 g/mol. The standard InChI is InChI=1S/C24H30N2O6S/c1-24(2,3)26-23(29)21(22(33(26,30)31)18-10-5-4-6-11-18)25-13-8-14-32-19-12-7-9-17(15-19)16-20(27)28/h4-7,9-12,15,25,30-31H,8,13-14,16H2,1-3H3,(H,27,28). The van der Waals surface area contributed by atoms with Crippen LogP contribution in [0, 0.1) is 0 Å². The maximum absolute atomic E-state index is 13.2. The lowest BCUT2D eigenvalue weighted by Crippen LogP contribution is -2.45. The number of carbonyl (C=O) groups excluding carboxylic acids is 1. The quantitative estimate of drug-likeness (QED) is 0.399. The van der Waals surface area contributed by atoms with Gasteiger partial charge in [-0.2, -0.15) is 0 Å². The first-order valence-electron chi connectivity index (χ1n) is 10.6. The van der Waals surface area contributed by atoms with Crippen LogP contribution in [0.2, 0.25) is 0 Å². The van der Waals surface area contributed by atoms with E-state index in [1.807, 2.05) is 6.07 Å². The summed E-state index contributed by atoms with van der Waals surface area (Å²) in [4.78, 5) is 24.3. The van der Waals surface area contributed by atoms with Crippen molar-refractivity contribution in [3.05, 3.63) is 71.4 Å². The Morgan fingerprint density at radius 3 is 2.42 bits per heavy atom. The first kappa shape index (κ1) is 24.6. The van der Waals surface area contributed by atoms with Crippen molar-refractivity contribution >= 4 is 27.6 Å². The van der Waals surface area contributed by atoms with Crippen LogP contribution in [0.15, 0.2) is 60.3 Å². The molecule has 1 aliphatic heterocycles. The molecule has 1 heterocycles. The average molecular weight is 475 g/mol. The van der Waals surface area contributed by atoms with E-state index in [1.165, 1.54) is 0 Å². The van der Waals surface area contributed by atoms with Crippen molar-refractivity contribution in [2.24, 2.45) is 0 Å². The number of hydrogen-bond donors (Lipinski definition) is 4. The highest BCUT2D eigenvalue weighted by molar-refractivity contribution is 8.31. The van der Waals surface area contributed by atoms with Gasteiger partial charge in [-0.15, -0.1) is 0 Å². The van der Waals surface area contributed by atoms with Crippen molar-refractivity contribution in [2.75, 3.05) is 13.2 Å². The predicted molar refractivity (Wildman–Crippen MR) is 129 cm³/mol. The van der Waals surface area contributed by atoms with Crippen LogP contribution in [-0.4, -0.2) is 49.1 Å². The molecule has 0 atom stereocenters. The van der Waals surface area contributed by atoms with Gasteiger partial charge in [0, 0.05) is 12.1 Å². The van der Waals surface area contributed by atoms with E-state index in [2.05, 4.69) is 5.32 Å². The molecule has 0 bridgehead atoms. The van der Waals surface area contributed by atoms with Gasteiger partial charge in [0.2, 0.25) is 0 Å². The largest absolute Gasteiger partial charge is 0.494 e. The fraction of sp³-hybridized carbons (Fsp3) is 0.333. The molecule has 0 saturated carbocycles. The smallest absolute Gasteiger partial charge is 0.307 e. The zero-order chi connectivity index (χ0) is 24.2. The van der Waals surface area contributed by atoms with Crippen LogP contribution < -0.4 is 10.1 Å². The van der Waals surface area contributed by atoms with Crippen molar-refractivity contribution in [1.82, 2.24) is 9.62 Å². The Kier molecular flexibility index (Phi) is 7.36. The van der Waals surface area contributed by atoms with E-state index in [-0.39, 0.29) is 17.0 Å². The summed E-state index contributed by atoms with van der Waals surface area (Å²) in [5.74, 6) is -0.790. The molecule has 178 valence electrons. The Balaban J connectivity index is 1.70. The summed E-state index contributed by atoms with van der Waals surface area (Å²) in [6, 6.07) is 15.8. The number of carboxylic acids is 1. The molecule has 0 aliphatic carbocycles. The molecule has 3 rings (SSSR count). The summed E-state index contributed by atoms with van der Waals surface area (Å²) in [6.45, 7) is 6.00. The van der Waals surface area contributed by atoms with Gasteiger partial charge in [-0.1, -0.05) is 53.2 Å². The number of benzene rings is 2. The SMILES string of the molecule is CC(C)(C)N1C(=O)C(NCCCOc2cccc(CC(=O)O)c2)=C(c2ccccc2)S1(O)O. The zero-order valence-corrected chi connectivity index (χ0v) is 19.8. The van der Waals surface area contributed by atoms with Gasteiger partial charge in [-0.25, -0.2) is 4.31 Å². The fourth-order valence-electron chi connectivity index (χ4n) is 3.67. The number of ether oxygens (including phenoxy) is 1. The van der Waals surface area contributed by atoms with Gasteiger partial charge in [-0.05, 0) is 44.9 Å². The zero-order valence-electron chi connectivity index (χ0n) is 18.9. The van der Waals surface area contributed by atoms with Crippen molar-refractivity contribution < 1.29 is 28.5 Å². The fourth-order valence-corrected chi connectivity index (χ4v) is 5.83. The van der Waals surface area contributed by atoms with E-state index in [0.717, 1.165) is 4.31 Å². The predicted octanol–water partition coefficient (Wildman–Crippen LogP) is 4.35. The number of nitrogens with zero attached hydrogens (tertiary/aromatic N) is 1. The van der Waals surface area contributed by atoms with Gasteiger partial charge in [0.15, 0.2) is 0 Å². The lowest BCUT2D eigenvalue weighted by molar-refractivity contribution is -0.136. The lowest BCUT2D eigenvalue weighted by Gasteiger charge is -2.45. The summed E-state index contributed by atoms with van der Waals surface area (Å²) in [5, 5.41) is 12.0. The minimum Gasteiger partial charge on any atom is -0.494 e. The van der Waals surface area contributed by atoms with E-state index in [4.69, 9.17) is 9.84 Å². The highest BCUT2D eigenvalue weighted by Crippen LogP contribution is 2.63. The number of hydrogen-bond acceptors (Lipinski definition) is 6. The van der Waals surface area contributed by atoms with E-state index >= 15 is 0 Å². The summed E-state index contributed by atoms with van der Waals surface area (Å²) in [5.41, 5.74) is 0.620. The average Bonchev–Trinajstić information content (AvgIpc) is 2.92. The highest BCUT2D eigenvalue weighted by atomic mass is 32.3. The number of rotatable bonds is 9. The third kappa shape index (κ3) is 5.68. The maximum Gasteiger partial charge on any atom is 0.307 e. The van der Waals surface area contributed by atoms with E-state index in [1.54, 1.807) is 69.3 Å². The second-order valence-electron chi connectivity index (χ2n) is 8.71. The molecule has 8 nitrogen and oxygen atoms in total. The molecular formula is C24H30N2O6S. The van der Waals surface area contributed by atoms with Crippen molar-refractivity contribution in [3.63, 3.8) is 0 Å². The van der Waals surface area contributed by atoms with Crippen LogP contribution in [0.1, 0.15) is 38.3 Å². The minimum atomic E-state index is -3.52. The molecule has 4 N–H and O–H groups in total. The lowest BCUT2D eigenvalue weighted by atomic mass is 10.1. The van der Waals surface area contributed by atoms with Crippen molar-refractivity contribution in [3.8, 4) is 5.75 Å². The van der Waals surface area contributed by atoms with Gasteiger partial charge < -0.3 is 15.2 Å². The molecule has 1 amide bonds. The third-order valence-corrected chi connectivity index (χ3v) is 7.15. The summed E-state index contributed by atoms with van der Waals surface area (Å²) in [7, 11) is -3.52. The highest BCUT2D eigenvalue weighted by Gasteiger charge is 2.49. The van der Waals surface area contributed by atoms with Gasteiger partial charge in [0.05, 0.1) is 18.6 Å². The van der Waals surface area contributed by atoms with Crippen molar-refractivity contribution in [1.29, 1.82) is 0 Å². The molecule has 0 radical (unpaired) electrons. The monoisotopic (exact) mass is 474 g/mol. The van der Waals surface area contributed by atoms with Gasteiger partial charge in [0.25, 0.3) is 5.91 Å². The molecule has 0 aromatic heterocycles. The van der Waals surface area contributed by atoms with E-state index in [9.17, 15) is 18.7 Å². The summed E-state index contributed by atoms with van der Waals surface area (Å²) >= 11 is 0. The molecule has 1 aliphatic rings. The number of amides is 1. The summed E-state index contributed by atoms with van der Waals surface area (Å²) in [6.07, 6.45) is 0.463. The van der Waals surface area contributed by atoms with Crippen molar-refractivity contribution in [2.45, 2.75) is 39.2 Å². The Morgan fingerprint density at radius 1 is 1.09 bits per heavy atom. The topological polar surface area (TPSA) is 119 Å². The second-order valence-corrected chi connectivity index (χ2v) is 10.5. The van der Waals surface area contributed by atoms with Crippen LogP contribution >= 0.6 is 10.8 Å². The van der Waals surface area contributed by atoms with Crippen LogP contribution in [-0.2, 0) is 16.0 Å². The van der Waals surface area contributed by atoms with E-state index in [0.29, 0.717) is 36.4 Å². The number of carbonyl (C=O) groups is 2. The van der Waals surface area contributed by atoms with Gasteiger partial charge in [-0.3, -0.25) is 18.7 Å². The first-order valence-corrected chi connectivity index (χ1v) is 12.1. The molecule has 0 saturated heterocycles. The van der Waals surface area contributed by atoms with Gasteiger partial charge in [0.1, 0.15) is 16.4 Å². The van der Waals surface area contributed by atoms with Crippen LogP contribution in [0.25, 0.3) is 4.91 Å². The first-order chi connectivity index (χ1) is 15.5. The molecule has 9 heteroatoms.